The minimum Gasteiger partial charge on any atom is -0.508 e. The third-order valence-corrected chi connectivity index (χ3v) is 6.37. The summed E-state index contributed by atoms with van der Waals surface area (Å²) in [5.41, 5.74) is 0.733. The van der Waals surface area contributed by atoms with Crippen molar-refractivity contribution in [3.8, 4) is 5.75 Å². The van der Waals surface area contributed by atoms with Gasteiger partial charge in [-0.05, 0) is 44.0 Å². The molecule has 0 bridgehead atoms. The van der Waals surface area contributed by atoms with Gasteiger partial charge in [0.2, 0.25) is 5.91 Å². The third-order valence-electron chi connectivity index (χ3n) is 6.37. The van der Waals surface area contributed by atoms with E-state index in [2.05, 4.69) is 22.3 Å². The van der Waals surface area contributed by atoms with E-state index in [1.54, 1.807) is 52.5 Å². The first-order chi connectivity index (χ1) is 17.7. The molecular weight excluding hydrogens is 482 g/mol. The van der Waals surface area contributed by atoms with Crippen LogP contribution in [-0.2, 0) is 22.5 Å². The number of piperazine rings is 1. The fourth-order valence-electron chi connectivity index (χ4n) is 4.42. The van der Waals surface area contributed by atoms with Gasteiger partial charge in [-0.3, -0.25) is 14.5 Å². The lowest BCUT2D eigenvalue weighted by molar-refractivity contribution is -0.135. The number of carbonyl (C=O) groups excluding carboxylic acids is 3. The van der Waals surface area contributed by atoms with Gasteiger partial charge in [0.15, 0.2) is 5.78 Å². The lowest BCUT2D eigenvalue weighted by Crippen LogP contribution is -2.55. The maximum absolute atomic E-state index is 13.7. The number of nitrogens with zero attached hydrogens (tertiary/aromatic N) is 2. The first-order valence-corrected chi connectivity index (χ1v) is 13.1. The number of rotatable bonds is 7. The first-order valence-electron chi connectivity index (χ1n) is 13.1. The smallest absolute Gasteiger partial charge is 0.408 e. The molecule has 1 aliphatic rings. The number of hydrogen-bond acceptors (Lipinski definition) is 6. The standard InChI is InChI=1S/C30H41N3O5/c1-29(2,3)26(35)24-19-23(34)13-12-22(24)18-25(31-28(37)38-30(4,5)6)27(36)33-16-14-32(15-17-33)20-21-10-8-7-9-11-21/h7-13,19,25,34H,14-18,20H2,1-6H3,(H,31,37)/t25-/m0/s1. The van der Waals surface area contributed by atoms with E-state index >= 15 is 0 Å². The molecule has 0 aromatic heterocycles. The fraction of sp³-hybridized carbons (Fsp3) is 0.500. The molecule has 3 rings (SSSR count). The summed E-state index contributed by atoms with van der Waals surface area (Å²) in [4.78, 5) is 43.7. The van der Waals surface area contributed by atoms with Crippen molar-refractivity contribution >= 4 is 17.8 Å². The summed E-state index contributed by atoms with van der Waals surface area (Å²) in [6.07, 6.45) is -0.597. The van der Waals surface area contributed by atoms with Crippen molar-refractivity contribution < 1.29 is 24.2 Å². The highest BCUT2D eigenvalue weighted by molar-refractivity contribution is 6.01. The topological polar surface area (TPSA) is 99.2 Å². The highest BCUT2D eigenvalue weighted by atomic mass is 16.6. The van der Waals surface area contributed by atoms with Crippen molar-refractivity contribution in [2.24, 2.45) is 5.41 Å². The molecule has 0 spiro atoms. The number of ether oxygens (including phenoxy) is 1. The van der Waals surface area contributed by atoms with Gasteiger partial charge in [0.05, 0.1) is 0 Å². The molecule has 2 amide bonds. The number of amides is 2. The number of benzene rings is 2. The van der Waals surface area contributed by atoms with E-state index in [0.29, 0.717) is 37.3 Å². The van der Waals surface area contributed by atoms with Crippen molar-refractivity contribution in [3.63, 3.8) is 0 Å². The molecule has 0 aliphatic carbocycles. The maximum Gasteiger partial charge on any atom is 0.408 e. The third kappa shape index (κ3) is 8.31. The van der Waals surface area contributed by atoms with Crippen LogP contribution in [0.1, 0.15) is 63.0 Å². The Balaban J connectivity index is 1.79. The van der Waals surface area contributed by atoms with Crippen LogP contribution >= 0.6 is 0 Å². The van der Waals surface area contributed by atoms with Crippen LogP contribution in [0.3, 0.4) is 0 Å². The van der Waals surface area contributed by atoms with Gasteiger partial charge < -0.3 is 20.1 Å². The predicted octanol–water partition coefficient (Wildman–Crippen LogP) is 4.40. The van der Waals surface area contributed by atoms with Crippen LogP contribution in [-0.4, -0.2) is 70.5 Å². The van der Waals surface area contributed by atoms with Crippen LogP contribution in [0.15, 0.2) is 48.5 Å². The SMILES string of the molecule is CC(C)(C)OC(=O)N[C@@H](Cc1ccc(O)cc1C(=O)C(C)(C)C)C(=O)N1CCN(Cc2ccccc2)CC1. The first kappa shape index (κ1) is 29.2. The Kier molecular flexibility index (Phi) is 9.20. The molecule has 8 nitrogen and oxygen atoms in total. The minimum absolute atomic E-state index is 0.0288. The second-order valence-electron chi connectivity index (χ2n) is 11.9. The molecule has 0 unspecified atom stereocenters. The van der Waals surface area contributed by atoms with Crippen LogP contribution in [0.5, 0.6) is 5.75 Å². The monoisotopic (exact) mass is 523 g/mol. The number of hydrogen-bond donors (Lipinski definition) is 2. The zero-order valence-electron chi connectivity index (χ0n) is 23.4. The van der Waals surface area contributed by atoms with Gasteiger partial charge in [-0.1, -0.05) is 57.2 Å². The largest absolute Gasteiger partial charge is 0.508 e. The lowest BCUT2D eigenvalue weighted by atomic mass is 9.83. The van der Waals surface area contributed by atoms with Crippen molar-refractivity contribution in [2.45, 2.75) is 66.2 Å². The van der Waals surface area contributed by atoms with E-state index in [-0.39, 0.29) is 23.9 Å². The number of Topliss-reactive ketones (excluding diaryl/α,β-unsaturated/α-hetero) is 1. The Labute approximate surface area is 226 Å². The zero-order chi connectivity index (χ0) is 28.1. The van der Waals surface area contributed by atoms with Crippen LogP contribution < -0.4 is 5.32 Å². The quantitative estimate of drug-likeness (QED) is 0.522. The van der Waals surface area contributed by atoms with E-state index in [4.69, 9.17) is 4.74 Å². The molecule has 2 aromatic rings. The summed E-state index contributed by atoms with van der Waals surface area (Å²) in [6, 6.07) is 13.8. The van der Waals surface area contributed by atoms with Crippen LogP contribution in [0, 0.1) is 5.41 Å². The lowest BCUT2D eigenvalue weighted by Gasteiger charge is -2.36. The molecule has 8 heteroatoms. The number of nitrogens with one attached hydrogen (secondary N) is 1. The van der Waals surface area contributed by atoms with Crippen molar-refractivity contribution in [3.05, 3.63) is 65.2 Å². The zero-order valence-corrected chi connectivity index (χ0v) is 23.4. The van der Waals surface area contributed by atoms with Crippen LogP contribution in [0.4, 0.5) is 4.79 Å². The number of ketones is 1. The average molecular weight is 524 g/mol. The number of phenolic OH excluding ortho intramolecular Hbond substituents is 1. The molecule has 1 heterocycles. The van der Waals surface area contributed by atoms with Crippen LogP contribution in [0.2, 0.25) is 0 Å². The molecule has 1 saturated heterocycles. The number of phenols is 1. The molecule has 38 heavy (non-hydrogen) atoms. The molecule has 2 N–H and O–H groups in total. The summed E-state index contributed by atoms with van der Waals surface area (Å²) in [5.74, 6) is -0.405. The number of carbonyl (C=O) groups is 3. The van der Waals surface area contributed by atoms with Gasteiger partial charge >= 0.3 is 6.09 Å². The number of alkyl carbamates (subject to hydrolysis) is 1. The molecular formula is C30H41N3O5. The summed E-state index contributed by atoms with van der Waals surface area (Å²) >= 11 is 0. The second kappa shape index (κ2) is 12.0. The molecule has 0 radical (unpaired) electrons. The summed E-state index contributed by atoms with van der Waals surface area (Å²) in [6.45, 7) is 14.0. The summed E-state index contributed by atoms with van der Waals surface area (Å²) in [5, 5.41) is 12.8. The van der Waals surface area contributed by atoms with Gasteiger partial charge in [0, 0.05) is 50.1 Å². The normalized spacial score (nSPS) is 15.6. The van der Waals surface area contributed by atoms with Crippen molar-refractivity contribution in [2.75, 3.05) is 26.2 Å². The van der Waals surface area contributed by atoms with Crippen LogP contribution in [0.25, 0.3) is 0 Å². The molecule has 0 saturated carbocycles. The molecule has 1 fully saturated rings. The fourth-order valence-corrected chi connectivity index (χ4v) is 4.42. The maximum atomic E-state index is 13.7. The van der Waals surface area contributed by atoms with Gasteiger partial charge in [0.1, 0.15) is 17.4 Å². The number of aromatic hydroxyl groups is 1. The molecule has 206 valence electrons. The van der Waals surface area contributed by atoms with Crippen molar-refractivity contribution in [1.29, 1.82) is 0 Å². The van der Waals surface area contributed by atoms with Gasteiger partial charge in [-0.15, -0.1) is 0 Å². The molecule has 1 atom stereocenters. The van der Waals surface area contributed by atoms with E-state index in [1.165, 1.54) is 17.7 Å². The Morgan fingerprint density at radius 2 is 1.58 bits per heavy atom. The Bertz CT molecular complexity index is 1130. The second-order valence-corrected chi connectivity index (χ2v) is 11.9. The Morgan fingerprint density at radius 1 is 0.947 bits per heavy atom. The van der Waals surface area contributed by atoms with E-state index in [0.717, 1.165) is 6.54 Å². The van der Waals surface area contributed by atoms with Gasteiger partial charge in [-0.2, -0.15) is 0 Å². The van der Waals surface area contributed by atoms with Gasteiger partial charge in [-0.25, -0.2) is 4.79 Å². The Hall–Kier alpha value is -3.39. The van der Waals surface area contributed by atoms with E-state index < -0.39 is 23.2 Å². The molecule has 2 aromatic carbocycles. The van der Waals surface area contributed by atoms with Crippen molar-refractivity contribution in [1.82, 2.24) is 15.1 Å². The predicted molar refractivity (Wildman–Crippen MR) is 147 cm³/mol. The van der Waals surface area contributed by atoms with Gasteiger partial charge in [0.25, 0.3) is 0 Å². The highest BCUT2D eigenvalue weighted by Crippen LogP contribution is 2.27. The van der Waals surface area contributed by atoms with E-state index in [9.17, 15) is 19.5 Å². The highest BCUT2D eigenvalue weighted by Gasteiger charge is 2.33. The summed E-state index contributed by atoms with van der Waals surface area (Å²) in [7, 11) is 0. The summed E-state index contributed by atoms with van der Waals surface area (Å²) < 4.78 is 5.44. The Morgan fingerprint density at radius 3 is 2.16 bits per heavy atom. The molecule has 1 aliphatic heterocycles. The average Bonchev–Trinajstić information content (AvgIpc) is 2.83. The minimum atomic E-state index is -0.929. The van der Waals surface area contributed by atoms with E-state index in [1.807, 2.05) is 18.2 Å².